The van der Waals surface area contributed by atoms with Crippen molar-refractivity contribution in [2.45, 2.75) is 24.5 Å². The van der Waals surface area contributed by atoms with Gasteiger partial charge in [0.2, 0.25) is 0 Å². The predicted molar refractivity (Wildman–Crippen MR) is 75.3 cm³/mol. The Morgan fingerprint density at radius 3 is 2.15 bits per heavy atom. The summed E-state index contributed by atoms with van der Waals surface area (Å²) < 4.78 is 20.7. The molecule has 1 aliphatic heterocycles. The average Bonchev–Trinajstić information content (AvgIpc) is 2.65. The van der Waals surface area contributed by atoms with Gasteiger partial charge in [-0.2, -0.15) is 0 Å². The summed E-state index contributed by atoms with van der Waals surface area (Å²) in [6.45, 7) is -0.754. The van der Waals surface area contributed by atoms with Crippen molar-refractivity contribution < 1.29 is 115 Å². The minimum Gasteiger partial charge on any atom is -0.790 e. The molecule has 0 saturated carbocycles. The number of aliphatic hydroxyl groups is 2. The Balaban J connectivity index is -0.000000269. The fraction of sp³-hybridized carbons (Fsp3) is 0.556. The van der Waals surface area contributed by atoms with E-state index in [1.54, 1.807) is 0 Å². The van der Waals surface area contributed by atoms with E-state index in [1.807, 2.05) is 4.98 Å². The van der Waals surface area contributed by atoms with Crippen LogP contribution in [0, 0.1) is 0 Å². The number of hydrogen-bond acceptors (Lipinski definition) is 9. The molecule has 2 rings (SSSR count). The first-order chi connectivity index (χ1) is 9.73. The summed E-state index contributed by atoms with van der Waals surface area (Å²) in [5.74, 6) is 0. The van der Waals surface area contributed by atoms with Crippen LogP contribution >= 0.6 is 7.82 Å². The Morgan fingerprint density at radius 2 is 1.74 bits per heavy atom. The molecule has 27 heavy (non-hydrogen) atoms. The second-order valence-electron chi connectivity index (χ2n) is 4.27. The van der Waals surface area contributed by atoms with Gasteiger partial charge in [0, 0.05) is 12.3 Å². The monoisotopic (exact) mass is 440 g/mol. The minimum atomic E-state index is -5.44. The van der Waals surface area contributed by atoms with Gasteiger partial charge in [0.1, 0.15) is 18.3 Å². The molecule has 2 heterocycles. The largest absolute Gasteiger partial charge is 1.00 e. The molecule has 150 valence electrons. The molecule has 0 aromatic carbocycles. The van der Waals surface area contributed by atoms with Crippen LogP contribution in [0.3, 0.4) is 0 Å². The number of aromatic amines is 1. The van der Waals surface area contributed by atoms with Crippen LogP contribution in [0.25, 0.3) is 0 Å². The number of phosphoric acid groups is 1. The van der Waals surface area contributed by atoms with Gasteiger partial charge in [0.15, 0.2) is 6.23 Å². The third-order valence-electron chi connectivity index (χ3n) is 2.87. The molecule has 15 nitrogen and oxygen atoms in total. The Hall–Kier alpha value is 0.510. The van der Waals surface area contributed by atoms with Gasteiger partial charge >= 0.3 is 64.8 Å². The van der Waals surface area contributed by atoms with E-state index in [0.717, 1.165) is 16.8 Å². The first kappa shape index (κ1) is 38.2. The summed E-state index contributed by atoms with van der Waals surface area (Å²) in [5.41, 5.74) is -1.60. The van der Waals surface area contributed by atoms with Crippen LogP contribution < -0.4 is 80.2 Å². The van der Waals surface area contributed by atoms with Crippen molar-refractivity contribution in [3.05, 3.63) is 33.1 Å². The van der Waals surface area contributed by atoms with Gasteiger partial charge < -0.3 is 55.7 Å². The molecule has 1 saturated heterocycles. The van der Waals surface area contributed by atoms with Gasteiger partial charge in [-0.15, -0.1) is 0 Å². The van der Waals surface area contributed by atoms with Crippen molar-refractivity contribution in [3.8, 4) is 0 Å². The molecular formula is C9H19N2Na2O13P. The van der Waals surface area contributed by atoms with E-state index in [4.69, 9.17) is 9.84 Å². The van der Waals surface area contributed by atoms with E-state index in [-0.39, 0.29) is 81.0 Å². The van der Waals surface area contributed by atoms with Gasteiger partial charge in [-0.1, -0.05) is 0 Å². The molecule has 1 aliphatic rings. The summed E-state index contributed by atoms with van der Waals surface area (Å²) in [6.07, 6.45) is -5.13. The molecular weight excluding hydrogens is 421 g/mol. The smallest absolute Gasteiger partial charge is 0.790 e. The zero-order valence-corrected chi connectivity index (χ0v) is 19.2. The second kappa shape index (κ2) is 15.4. The van der Waals surface area contributed by atoms with E-state index in [9.17, 15) is 29.0 Å². The first-order valence-corrected chi connectivity index (χ1v) is 7.15. The van der Waals surface area contributed by atoms with Crippen molar-refractivity contribution in [1.82, 2.24) is 9.55 Å². The summed E-state index contributed by atoms with van der Waals surface area (Å²) in [6, 6.07) is 0.978. The maximum Gasteiger partial charge on any atom is 1.00 e. The molecule has 1 aromatic rings. The number of aromatic nitrogens is 2. The van der Waals surface area contributed by atoms with Crippen molar-refractivity contribution in [3.63, 3.8) is 0 Å². The first-order valence-electron chi connectivity index (χ1n) is 5.69. The predicted octanol–water partition coefficient (Wildman–Crippen LogP) is -13.3. The van der Waals surface area contributed by atoms with Gasteiger partial charge in [0.25, 0.3) is 5.56 Å². The quantitative estimate of drug-likeness (QED) is 0.295. The standard InChI is InChI=1S/C9H13N2O9P.2Na.4H2O/c12-3-4-7(20-21(16,17)18)6(14)8(19-4)11-2-1-5(13)10-9(11)15;;;;;;/h1-2,4,6-8,12,14H,3H2,(H,10,13,15)(H2,16,17,18);;;4*1H2/q;2*+1;;;;/p-2/t4-,6-,7-,8-;;;;;;/m1....../s1. The molecule has 4 atom stereocenters. The summed E-state index contributed by atoms with van der Waals surface area (Å²) in [7, 11) is -5.44. The van der Waals surface area contributed by atoms with Crippen LogP contribution in [0.5, 0.6) is 0 Å². The molecule has 0 unspecified atom stereocenters. The fourth-order valence-electron chi connectivity index (χ4n) is 2.00. The summed E-state index contributed by atoms with van der Waals surface area (Å²) in [5, 5.41) is 19.0. The van der Waals surface area contributed by atoms with Gasteiger partial charge in [-0.25, -0.2) is 4.79 Å². The maximum atomic E-state index is 11.6. The van der Waals surface area contributed by atoms with Crippen molar-refractivity contribution in [1.29, 1.82) is 0 Å². The van der Waals surface area contributed by atoms with E-state index in [2.05, 4.69) is 4.52 Å². The summed E-state index contributed by atoms with van der Waals surface area (Å²) in [4.78, 5) is 45.7. The van der Waals surface area contributed by atoms with E-state index in [0.29, 0.717) is 0 Å². The van der Waals surface area contributed by atoms with E-state index < -0.39 is 50.2 Å². The normalized spacial score (nSPS) is 23.1. The average molecular weight is 440 g/mol. The van der Waals surface area contributed by atoms with Crippen LogP contribution in [0.15, 0.2) is 21.9 Å². The minimum absolute atomic E-state index is 0. The SMILES string of the molecule is O.O.O.O.O=c1ccn([C@@H]2O[C@H](CO)[C@@H](OP(=O)([O-])[O-])[C@H]2O)c(=O)[nH]1.[Na+].[Na+]. The molecule has 18 heteroatoms. The molecule has 0 radical (unpaired) electrons. The number of H-pyrrole nitrogens is 1. The Kier molecular flexibility index (Phi) is 21.7. The van der Waals surface area contributed by atoms with Gasteiger partial charge in [-0.3, -0.25) is 14.3 Å². The molecule has 1 aromatic heterocycles. The number of ether oxygens (including phenoxy) is 1. The number of nitrogens with one attached hydrogen (secondary N) is 1. The Morgan fingerprint density at radius 1 is 1.22 bits per heavy atom. The maximum absolute atomic E-state index is 11.6. The third kappa shape index (κ3) is 9.70. The summed E-state index contributed by atoms with van der Waals surface area (Å²) >= 11 is 0. The van der Waals surface area contributed by atoms with Crippen LogP contribution in [0.1, 0.15) is 6.23 Å². The number of hydrogen-bond donors (Lipinski definition) is 3. The molecule has 0 amide bonds. The van der Waals surface area contributed by atoms with Crippen molar-refractivity contribution in [2.75, 3.05) is 6.61 Å². The zero-order chi connectivity index (χ0) is 15.8. The van der Waals surface area contributed by atoms with Crippen LogP contribution in [0.2, 0.25) is 0 Å². The van der Waals surface area contributed by atoms with Gasteiger partial charge in [-0.05, 0) is 0 Å². The topological polar surface area (TPSA) is 303 Å². The molecule has 0 spiro atoms. The molecule has 0 aliphatic carbocycles. The molecule has 0 bridgehead atoms. The fourth-order valence-corrected chi connectivity index (χ4v) is 2.56. The number of phosphoric ester groups is 1. The van der Waals surface area contributed by atoms with E-state index in [1.165, 1.54) is 0 Å². The number of nitrogens with zero attached hydrogens (tertiary/aromatic N) is 1. The molecule has 11 N–H and O–H groups in total. The van der Waals surface area contributed by atoms with Gasteiger partial charge in [0.05, 0.1) is 14.4 Å². The van der Waals surface area contributed by atoms with Crippen molar-refractivity contribution >= 4 is 7.82 Å². The second-order valence-corrected chi connectivity index (χ2v) is 5.38. The van der Waals surface area contributed by atoms with Crippen LogP contribution in [-0.4, -0.2) is 66.6 Å². The zero-order valence-electron chi connectivity index (χ0n) is 14.3. The number of rotatable bonds is 4. The molecule has 1 fully saturated rings. The number of aliphatic hydroxyl groups excluding tert-OH is 2. The Bertz CT molecular complexity index is 678. The van der Waals surface area contributed by atoms with Crippen LogP contribution in [0.4, 0.5) is 0 Å². The Labute approximate surface area is 195 Å². The van der Waals surface area contributed by atoms with Crippen LogP contribution in [-0.2, 0) is 13.8 Å². The van der Waals surface area contributed by atoms with Crippen molar-refractivity contribution in [2.24, 2.45) is 0 Å². The van der Waals surface area contributed by atoms with E-state index >= 15 is 0 Å². The third-order valence-corrected chi connectivity index (χ3v) is 3.37.